The fourth-order valence-electron chi connectivity index (χ4n) is 1.45. The van der Waals surface area contributed by atoms with Gasteiger partial charge in [0, 0.05) is 5.69 Å². The second-order valence-electron chi connectivity index (χ2n) is 4.13. The number of ether oxygens (including phenoxy) is 2. The van der Waals surface area contributed by atoms with Crippen LogP contribution in [0.25, 0.3) is 0 Å². The van der Waals surface area contributed by atoms with E-state index in [0.29, 0.717) is 11.4 Å². The van der Waals surface area contributed by atoms with Gasteiger partial charge in [-0.2, -0.15) is 0 Å². The quantitative estimate of drug-likeness (QED) is 0.588. The van der Waals surface area contributed by atoms with E-state index >= 15 is 0 Å². The van der Waals surface area contributed by atoms with Gasteiger partial charge in [-0.25, -0.2) is 0 Å². The molecule has 0 amide bonds. The molecule has 0 atom stereocenters. The van der Waals surface area contributed by atoms with Crippen LogP contribution < -0.4 is 4.74 Å². The lowest BCUT2D eigenvalue weighted by Gasteiger charge is -2.10. The van der Waals surface area contributed by atoms with E-state index in [-0.39, 0.29) is 13.4 Å². The van der Waals surface area contributed by atoms with Gasteiger partial charge in [-0.3, -0.25) is 4.98 Å². The predicted molar refractivity (Wildman–Crippen MR) is 59.1 cm³/mol. The third kappa shape index (κ3) is 3.18. The Labute approximate surface area is 95.2 Å². The summed E-state index contributed by atoms with van der Waals surface area (Å²) in [7, 11) is 0. The lowest BCUT2D eigenvalue weighted by molar-refractivity contribution is 0.00858. The molecule has 1 fully saturated rings. The van der Waals surface area contributed by atoms with Crippen molar-refractivity contribution in [3.8, 4) is 5.75 Å². The van der Waals surface area contributed by atoms with Gasteiger partial charge < -0.3 is 14.6 Å². The number of pyridine rings is 1. The largest absolute Gasteiger partial charge is 0.466 e. The molecule has 0 spiro atoms. The van der Waals surface area contributed by atoms with E-state index in [2.05, 4.69) is 4.98 Å². The third-order valence-electron chi connectivity index (χ3n) is 2.57. The van der Waals surface area contributed by atoms with Crippen LogP contribution in [0.2, 0.25) is 0 Å². The predicted octanol–water partition coefficient (Wildman–Crippen LogP) is 1.65. The molecule has 0 aromatic carbocycles. The molecule has 1 heterocycles. The standard InChI is InChI=1S/C12H17NO3/c1-9-2-5-12(11(6-14)13-9)16-8-15-7-10-3-4-10/h2,5,10,14H,3-4,6-8H2,1H3. The van der Waals surface area contributed by atoms with Crippen LogP contribution in [0.5, 0.6) is 5.75 Å². The number of aryl methyl sites for hydroxylation is 1. The Hall–Kier alpha value is -1.13. The molecule has 4 nitrogen and oxygen atoms in total. The van der Waals surface area contributed by atoms with E-state index in [0.717, 1.165) is 18.2 Å². The van der Waals surface area contributed by atoms with Crippen LogP contribution in [0.4, 0.5) is 0 Å². The van der Waals surface area contributed by atoms with Crippen molar-refractivity contribution < 1.29 is 14.6 Å². The van der Waals surface area contributed by atoms with E-state index < -0.39 is 0 Å². The van der Waals surface area contributed by atoms with Crippen LogP contribution in [-0.4, -0.2) is 23.5 Å². The first-order chi connectivity index (χ1) is 7.79. The zero-order valence-corrected chi connectivity index (χ0v) is 9.48. The molecule has 0 radical (unpaired) electrons. The minimum absolute atomic E-state index is 0.111. The fourth-order valence-corrected chi connectivity index (χ4v) is 1.45. The number of aliphatic hydroxyl groups excluding tert-OH is 1. The number of rotatable bonds is 6. The van der Waals surface area contributed by atoms with Crippen LogP contribution in [0.1, 0.15) is 24.2 Å². The second-order valence-corrected chi connectivity index (χ2v) is 4.13. The first-order valence-electron chi connectivity index (χ1n) is 5.57. The molecular weight excluding hydrogens is 206 g/mol. The van der Waals surface area contributed by atoms with Crippen molar-refractivity contribution in [2.45, 2.75) is 26.4 Å². The Bertz CT molecular complexity index is 350. The van der Waals surface area contributed by atoms with Crippen LogP contribution in [0, 0.1) is 12.8 Å². The molecule has 1 aromatic rings. The van der Waals surface area contributed by atoms with Gasteiger partial charge in [-0.05, 0) is 37.8 Å². The molecule has 0 saturated heterocycles. The molecule has 1 aliphatic rings. The lowest BCUT2D eigenvalue weighted by Crippen LogP contribution is -2.07. The number of hydrogen-bond acceptors (Lipinski definition) is 4. The van der Waals surface area contributed by atoms with E-state index in [4.69, 9.17) is 14.6 Å². The first kappa shape index (κ1) is 11.4. The van der Waals surface area contributed by atoms with E-state index in [1.807, 2.05) is 19.1 Å². The summed E-state index contributed by atoms with van der Waals surface area (Å²) in [6.07, 6.45) is 2.54. The third-order valence-corrected chi connectivity index (χ3v) is 2.57. The molecule has 4 heteroatoms. The molecule has 1 saturated carbocycles. The maximum absolute atomic E-state index is 9.11. The van der Waals surface area contributed by atoms with E-state index in [1.54, 1.807) is 0 Å². The number of aromatic nitrogens is 1. The van der Waals surface area contributed by atoms with Crippen molar-refractivity contribution >= 4 is 0 Å². The van der Waals surface area contributed by atoms with Crippen molar-refractivity contribution in [3.05, 3.63) is 23.5 Å². The zero-order valence-electron chi connectivity index (χ0n) is 9.48. The minimum atomic E-state index is -0.111. The molecule has 0 aliphatic heterocycles. The molecular formula is C12H17NO3. The Morgan fingerprint density at radius 3 is 2.94 bits per heavy atom. The Balaban J connectivity index is 1.82. The molecule has 88 valence electrons. The van der Waals surface area contributed by atoms with Crippen LogP contribution in [-0.2, 0) is 11.3 Å². The van der Waals surface area contributed by atoms with Crippen molar-refractivity contribution in [1.29, 1.82) is 0 Å². The summed E-state index contributed by atoms with van der Waals surface area (Å²) in [5.74, 6) is 1.33. The minimum Gasteiger partial charge on any atom is -0.466 e. The van der Waals surface area contributed by atoms with Crippen molar-refractivity contribution in [2.75, 3.05) is 13.4 Å². The van der Waals surface area contributed by atoms with E-state index in [9.17, 15) is 0 Å². The van der Waals surface area contributed by atoms with Gasteiger partial charge in [0.05, 0.1) is 13.2 Å². The summed E-state index contributed by atoms with van der Waals surface area (Å²) in [6, 6.07) is 3.67. The maximum atomic E-state index is 9.11. The van der Waals surface area contributed by atoms with Crippen molar-refractivity contribution in [2.24, 2.45) is 5.92 Å². The Morgan fingerprint density at radius 1 is 1.44 bits per heavy atom. The number of hydrogen-bond donors (Lipinski definition) is 1. The summed E-state index contributed by atoms with van der Waals surface area (Å²) in [5.41, 5.74) is 1.44. The highest BCUT2D eigenvalue weighted by Crippen LogP contribution is 2.28. The van der Waals surface area contributed by atoms with Crippen molar-refractivity contribution in [1.82, 2.24) is 4.98 Å². The summed E-state index contributed by atoms with van der Waals surface area (Å²) in [4.78, 5) is 4.19. The highest BCUT2D eigenvalue weighted by molar-refractivity contribution is 5.28. The van der Waals surface area contributed by atoms with Gasteiger partial charge in [-0.15, -0.1) is 0 Å². The van der Waals surface area contributed by atoms with Crippen LogP contribution in [0.3, 0.4) is 0 Å². The Morgan fingerprint density at radius 2 is 2.25 bits per heavy atom. The van der Waals surface area contributed by atoms with Gasteiger partial charge in [0.15, 0.2) is 6.79 Å². The van der Waals surface area contributed by atoms with Gasteiger partial charge in [-0.1, -0.05) is 0 Å². The summed E-state index contributed by atoms with van der Waals surface area (Å²) >= 11 is 0. The van der Waals surface area contributed by atoms with Gasteiger partial charge in [0.1, 0.15) is 11.4 Å². The highest BCUT2D eigenvalue weighted by Gasteiger charge is 2.21. The second kappa shape index (κ2) is 5.27. The SMILES string of the molecule is Cc1ccc(OCOCC2CC2)c(CO)n1. The average Bonchev–Trinajstić information content (AvgIpc) is 3.09. The smallest absolute Gasteiger partial charge is 0.189 e. The normalized spacial score (nSPS) is 15.1. The summed E-state index contributed by atoms with van der Waals surface area (Å²) in [5, 5.41) is 9.11. The zero-order chi connectivity index (χ0) is 11.4. The van der Waals surface area contributed by atoms with Gasteiger partial charge in [0.25, 0.3) is 0 Å². The molecule has 1 aliphatic carbocycles. The summed E-state index contributed by atoms with van der Waals surface area (Å²) < 4.78 is 10.8. The van der Waals surface area contributed by atoms with Gasteiger partial charge >= 0.3 is 0 Å². The number of nitrogens with zero attached hydrogens (tertiary/aromatic N) is 1. The average molecular weight is 223 g/mol. The highest BCUT2D eigenvalue weighted by atomic mass is 16.7. The fraction of sp³-hybridized carbons (Fsp3) is 0.583. The van der Waals surface area contributed by atoms with Gasteiger partial charge in [0.2, 0.25) is 0 Å². The Kier molecular flexibility index (Phi) is 3.74. The monoisotopic (exact) mass is 223 g/mol. The molecule has 0 unspecified atom stereocenters. The molecule has 16 heavy (non-hydrogen) atoms. The van der Waals surface area contributed by atoms with Crippen LogP contribution in [0.15, 0.2) is 12.1 Å². The van der Waals surface area contributed by atoms with Crippen molar-refractivity contribution in [3.63, 3.8) is 0 Å². The first-order valence-corrected chi connectivity index (χ1v) is 5.57. The summed E-state index contributed by atoms with van der Waals surface area (Å²) in [6.45, 7) is 2.77. The molecule has 0 bridgehead atoms. The maximum Gasteiger partial charge on any atom is 0.189 e. The topological polar surface area (TPSA) is 51.6 Å². The van der Waals surface area contributed by atoms with Crippen LogP contribution >= 0.6 is 0 Å². The molecule has 1 N–H and O–H groups in total. The number of aliphatic hydroxyl groups is 1. The molecule has 1 aromatic heterocycles. The van der Waals surface area contributed by atoms with E-state index in [1.165, 1.54) is 12.8 Å². The molecule has 2 rings (SSSR count). The lowest BCUT2D eigenvalue weighted by atomic mass is 10.3.